The largest absolute Gasteiger partial charge is 0.523 e. The predicted molar refractivity (Wildman–Crippen MR) is 50.4 cm³/mol. The van der Waals surface area contributed by atoms with Gasteiger partial charge in [-0.2, -0.15) is 21.6 Å². The van der Waals surface area contributed by atoms with Gasteiger partial charge in [0.05, 0.1) is 19.3 Å². The molecule has 5 nitrogen and oxygen atoms in total. The van der Waals surface area contributed by atoms with Crippen molar-refractivity contribution in [2.75, 3.05) is 13.2 Å². The number of hydrogen-bond acceptors (Lipinski definition) is 5. The van der Waals surface area contributed by atoms with Crippen LogP contribution in [0.3, 0.4) is 0 Å². The molecule has 0 aromatic rings. The first-order valence-corrected chi connectivity index (χ1v) is 6.22. The minimum Gasteiger partial charge on any atom is -0.350 e. The minimum atomic E-state index is -5.56. The summed E-state index contributed by atoms with van der Waals surface area (Å²) in [5.74, 6) is -0.950. The summed E-state index contributed by atoms with van der Waals surface area (Å²) in [6.07, 6.45) is -0.465. The molecular weight excluding hydrogens is 265 g/mol. The first kappa shape index (κ1) is 14.7. The second-order valence-corrected chi connectivity index (χ2v) is 5.57. The van der Waals surface area contributed by atoms with Crippen LogP contribution in [0.15, 0.2) is 0 Å². The van der Waals surface area contributed by atoms with Gasteiger partial charge >= 0.3 is 15.6 Å². The van der Waals surface area contributed by atoms with Gasteiger partial charge in [-0.15, -0.1) is 0 Å². The Balaban J connectivity index is 2.52. The topological polar surface area (TPSA) is 61.8 Å². The van der Waals surface area contributed by atoms with Crippen LogP contribution in [0.2, 0.25) is 0 Å². The van der Waals surface area contributed by atoms with Gasteiger partial charge in [0, 0.05) is 0 Å². The number of hydrogen-bond donors (Lipinski definition) is 0. The van der Waals surface area contributed by atoms with Crippen molar-refractivity contribution in [3.63, 3.8) is 0 Å². The lowest BCUT2D eigenvalue weighted by Gasteiger charge is -2.35. The third kappa shape index (κ3) is 4.09. The van der Waals surface area contributed by atoms with Crippen LogP contribution >= 0.6 is 0 Å². The second kappa shape index (κ2) is 4.71. The lowest BCUT2D eigenvalue weighted by atomic mass is 10.2. The van der Waals surface area contributed by atoms with Crippen LogP contribution < -0.4 is 0 Å². The minimum absolute atomic E-state index is 0.271. The van der Waals surface area contributed by atoms with E-state index in [4.69, 9.17) is 9.47 Å². The highest BCUT2D eigenvalue weighted by Crippen LogP contribution is 2.27. The number of halogens is 3. The first-order valence-electron chi connectivity index (χ1n) is 4.81. The van der Waals surface area contributed by atoms with Gasteiger partial charge in [-0.3, -0.25) is 4.18 Å². The number of rotatable bonds is 3. The molecule has 9 heteroatoms. The van der Waals surface area contributed by atoms with Crippen molar-refractivity contribution in [2.24, 2.45) is 0 Å². The maximum atomic E-state index is 12.0. The molecule has 0 N–H and O–H groups in total. The van der Waals surface area contributed by atoms with Gasteiger partial charge in [0.15, 0.2) is 5.79 Å². The van der Waals surface area contributed by atoms with Crippen molar-refractivity contribution in [1.29, 1.82) is 0 Å². The van der Waals surface area contributed by atoms with E-state index in [1.807, 2.05) is 0 Å². The van der Waals surface area contributed by atoms with Gasteiger partial charge in [-0.1, -0.05) is 0 Å². The van der Waals surface area contributed by atoms with E-state index in [0.717, 1.165) is 0 Å². The molecule has 1 saturated heterocycles. The van der Waals surface area contributed by atoms with E-state index < -0.39 is 34.1 Å². The molecule has 102 valence electrons. The smallest absolute Gasteiger partial charge is 0.350 e. The summed E-state index contributed by atoms with van der Waals surface area (Å²) in [5, 5.41) is 0. The molecule has 1 fully saturated rings. The van der Waals surface area contributed by atoms with E-state index >= 15 is 0 Å². The van der Waals surface area contributed by atoms with Crippen LogP contribution in [0.4, 0.5) is 13.2 Å². The molecule has 0 saturated carbocycles. The maximum absolute atomic E-state index is 12.0. The van der Waals surface area contributed by atoms with E-state index in [0.29, 0.717) is 0 Å². The van der Waals surface area contributed by atoms with Crippen molar-refractivity contribution in [2.45, 2.75) is 37.7 Å². The van der Waals surface area contributed by atoms with E-state index in [1.54, 1.807) is 13.8 Å². The van der Waals surface area contributed by atoms with Crippen LogP contribution in [-0.2, 0) is 23.8 Å². The summed E-state index contributed by atoms with van der Waals surface area (Å²) in [6.45, 7) is 2.76. The first-order chi connectivity index (χ1) is 7.54. The quantitative estimate of drug-likeness (QED) is 0.576. The zero-order valence-electron chi connectivity index (χ0n) is 9.28. The third-order valence-corrected chi connectivity index (χ3v) is 3.05. The molecule has 1 rings (SSSR count). The fraction of sp³-hybridized carbons (Fsp3) is 1.00. The molecule has 0 bridgehead atoms. The summed E-state index contributed by atoms with van der Waals surface area (Å²) in [6, 6.07) is 0. The highest BCUT2D eigenvalue weighted by Gasteiger charge is 2.47. The molecule has 0 aromatic heterocycles. The van der Waals surface area contributed by atoms with Crippen LogP contribution in [0.1, 0.15) is 20.3 Å². The van der Waals surface area contributed by atoms with Gasteiger partial charge in [0.1, 0.15) is 0 Å². The lowest BCUT2D eigenvalue weighted by Crippen LogP contribution is -2.42. The summed E-state index contributed by atoms with van der Waals surface area (Å²) in [4.78, 5) is 0. The average molecular weight is 278 g/mol. The zero-order chi connectivity index (χ0) is 13.3. The Morgan fingerprint density at radius 3 is 2.47 bits per heavy atom. The monoisotopic (exact) mass is 278 g/mol. The highest BCUT2D eigenvalue weighted by atomic mass is 32.2. The Bertz CT molecular complexity index is 362. The standard InChI is InChI=1S/C8H13F3O5S/c1-7(2)14-4-3-6(16-7)5-15-17(12,13)8(9,10)11/h6H,3-5H2,1-2H3. The van der Waals surface area contributed by atoms with Crippen LogP contribution in [-0.4, -0.2) is 39.0 Å². The van der Waals surface area contributed by atoms with Gasteiger partial charge in [-0.25, -0.2) is 0 Å². The van der Waals surface area contributed by atoms with E-state index in [1.165, 1.54) is 0 Å². The fourth-order valence-electron chi connectivity index (χ4n) is 1.28. The lowest BCUT2D eigenvalue weighted by molar-refractivity contribution is -0.276. The van der Waals surface area contributed by atoms with E-state index in [9.17, 15) is 21.6 Å². The predicted octanol–water partition coefficient (Wildman–Crippen LogP) is 1.39. The van der Waals surface area contributed by atoms with Crippen molar-refractivity contribution >= 4 is 10.1 Å². The van der Waals surface area contributed by atoms with Crippen molar-refractivity contribution in [3.05, 3.63) is 0 Å². The van der Waals surface area contributed by atoms with Gasteiger partial charge < -0.3 is 9.47 Å². The van der Waals surface area contributed by atoms with Crippen LogP contribution in [0.5, 0.6) is 0 Å². The molecule has 0 aromatic carbocycles. The summed E-state index contributed by atoms with van der Waals surface area (Å²) in [7, 11) is -5.56. The molecule has 0 amide bonds. The normalized spacial score (nSPS) is 25.8. The maximum Gasteiger partial charge on any atom is 0.523 e. The summed E-state index contributed by atoms with van der Waals surface area (Å²) < 4.78 is 71.4. The van der Waals surface area contributed by atoms with Crippen molar-refractivity contribution in [3.8, 4) is 0 Å². The molecule has 1 heterocycles. The fourth-order valence-corrected chi connectivity index (χ4v) is 1.74. The van der Waals surface area contributed by atoms with Gasteiger partial charge in [0.2, 0.25) is 0 Å². The zero-order valence-corrected chi connectivity index (χ0v) is 10.1. The molecular formula is C8H13F3O5S. The van der Waals surface area contributed by atoms with Gasteiger partial charge in [0.25, 0.3) is 0 Å². The molecule has 1 atom stereocenters. The van der Waals surface area contributed by atoms with Crippen molar-refractivity contribution < 1.29 is 35.2 Å². The third-order valence-electron chi connectivity index (χ3n) is 2.03. The molecule has 0 radical (unpaired) electrons. The molecule has 1 aliphatic rings. The number of alkyl halides is 3. The second-order valence-electron chi connectivity index (χ2n) is 3.96. The van der Waals surface area contributed by atoms with Gasteiger partial charge in [-0.05, 0) is 20.3 Å². The van der Waals surface area contributed by atoms with E-state index in [2.05, 4.69) is 4.18 Å². The molecule has 0 spiro atoms. The van der Waals surface area contributed by atoms with E-state index in [-0.39, 0.29) is 13.0 Å². The Kier molecular flexibility index (Phi) is 4.07. The Morgan fingerprint density at radius 1 is 1.41 bits per heavy atom. The average Bonchev–Trinajstić information content (AvgIpc) is 2.11. The molecule has 1 unspecified atom stereocenters. The van der Waals surface area contributed by atoms with Crippen molar-refractivity contribution in [1.82, 2.24) is 0 Å². The Morgan fingerprint density at radius 2 is 2.00 bits per heavy atom. The SMILES string of the molecule is CC1(C)OCCC(COS(=O)(=O)C(F)(F)F)O1. The molecule has 17 heavy (non-hydrogen) atoms. The molecule has 1 aliphatic heterocycles. The highest BCUT2D eigenvalue weighted by molar-refractivity contribution is 7.87. The number of ether oxygens (including phenoxy) is 2. The summed E-state index contributed by atoms with van der Waals surface area (Å²) >= 11 is 0. The van der Waals surface area contributed by atoms with Crippen LogP contribution in [0, 0.1) is 0 Å². The Labute approximate surface area is 97.0 Å². The van der Waals surface area contributed by atoms with Crippen LogP contribution in [0.25, 0.3) is 0 Å². The summed E-state index contributed by atoms with van der Waals surface area (Å²) in [5.41, 5.74) is -5.41. The molecule has 0 aliphatic carbocycles. The Hall–Kier alpha value is -0.380.